The number of carboxylic acid groups (broad SMARTS) is 1. The van der Waals surface area contributed by atoms with Crippen LogP contribution in [0.2, 0.25) is 0 Å². The van der Waals surface area contributed by atoms with Crippen molar-refractivity contribution in [1.29, 1.82) is 0 Å². The normalized spacial score (nSPS) is 14.3. The topological polar surface area (TPSA) is 142 Å². The van der Waals surface area contributed by atoms with Gasteiger partial charge in [0.15, 0.2) is 0 Å². The van der Waals surface area contributed by atoms with Gasteiger partial charge in [-0.1, -0.05) is 30.3 Å². The van der Waals surface area contributed by atoms with Crippen molar-refractivity contribution in [2.45, 2.75) is 24.5 Å². The van der Waals surface area contributed by atoms with Crippen molar-refractivity contribution in [3.8, 4) is 0 Å². The van der Waals surface area contributed by atoms with Gasteiger partial charge in [-0.15, -0.1) is 0 Å². The molecule has 1 aromatic carbocycles. The van der Waals surface area contributed by atoms with Crippen LogP contribution in [0.1, 0.15) is 5.56 Å². The molecule has 0 saturated heterocycles. The highest BCUT2D eigenvalue weighted by atomic mass is 32.1. The smallest absolute Gasteiger partial charge is 0.328 e. The molecule has 3 atom stereocenters. The van der Waals surface area contributed by atoms with E-state index in [0.717, 1.165) is 5.56 Å². The molecule has 9 heteroatoms. The second-order valence-corrected chi connectivity index (χ2v) is 5.49. The van der Waals surface area contributed by atoms with Crippen molar-refractivity contribution < 1.29 is 24.6 Å². The molecule has 6 N–H and O–H groups in total. The van der Waals surface area contributed by atoms with Gasteiger partial charge in [0.2, 0.25) is 11.8 Å². The lowest BCUT2D eigenvalue weighted by Crippen LogP contribution is -2.56. The molecular formula is C15H21N3O5S. The number of hydrogen-bond donors (Lipinski definition) is 6. The summed E-state index contributed by atoms with van der Waals surface area (Å²) in [6, 6.07) is 5.77. The minimum absolute atomic E-state index is 0.0482. The lowest BCUT2D eigenvalue weighted by Gasteiger charge is -2.21. The highest BCUT2D eigenvalue weighted by Gasteiger charge is 2.26. The number of nitrogens with two attached hydrogens (primary N) is 1. The lowest BCUT2D eigenvalue weighted by atomic mass is 10.1. The van der Waals surface area contributed by atoms with Gasteiger partial charge in [0.05, 0.1) is 12.6 Å². The predicted molar refractivity (Wildman–Crippen MR) is 90.6 cm³/mol. The number of aliphatic carboxylic acids is 1. The second kappa shape index (κ2) is 9.91. The van der Waals surface area contributed by atoms with Crippen LogP contribution in [-0.4, -0.2) is 58.5 Å². The van der Waals surface area contributed by atoms with E-state index < -0.39 is 42.5 Å². The highest BCUT2D eigenvalue weighted by molar-refractivity contribution is 7.80. The van der Waals surface area contributed by atoms with Gasteiger partial charge in [0.25, 0.3) is 0 Å². The van der Waals surface area contributed by atoms with E-state index in [1.807, 2.05) is 30.3 Å². The van der Waals surface area contributed by atoms with Crippen LogP contribution in [0.15, 0.2) is 30.3 Å². The molecule has 0 aliphatic heterocycles. The molecule has 24 heavy (non-hydrogen) atoms. The number of carboxylic acids is 1. The Balaban J connectivity index is 2.61. The van der Waals surface area contributed by atoms with Crippen LogP contribution in [0.25, 0.3) is 0 Å². The zero-order valence-electron chi connectivity index (χ0n) is 12.9. The summed E-state index contributed by atoms with van der Waals surface area (Å²) in [4.78, 5) is 34.9. The van der Waals surface area contributed by atoms with Gasteiger partial charge < -0.3 is 26.6 Å². The fourth-order valence-corrected chi connectivity index (χ4v) is 2.15. The number of hydrogen-bond acceptors (Lipinski definition) is 6. The quantitative estimate of drug-likeness (QED) is 0.299. The molecule has 1 rings (SSSR count). The molecular weight excluding hydrogens is 334 g/mol. The average Bonchev–Trinajstić information content (AvgIpc) is 2.57. The zero-order chi connectivity index (χ0) is 18.1. The van der Waals surface area contributed by atoms with Crippen LogP contribution in [0, 0.1) is 0 Å². The molecule has 0 heterocycles. The molecule has 0 spiro atoms. The Morgan fingerprint density at radius 2 is 1.67 bits per heavy atom. The summed E-state index contributed by atoms with van der Waals surface area (Å²) < 4.78 is 0. The molecule has 0 bridgehead atoms. The Kier molecular flexibility index (Phi) is 8.24. The van der Waals surface area contributed by atoms with Gasteiger partial charge >= 0.3 is 5.97 Å². The first-order chi connectivity index (χ1) is 11.4. The van der Waals surface area contributed by atoms with Crippen LogP contribution in [0.3, 0.4) is 0 Å². The predicted octanol–water partition coefficient (Wildman–Crippen LogP) is -1.47. The maximum absolute atomic E-state index is 12.1. The molecule has 0 aliphatic rings. The van der Waals surface area contributed by atoms with Crippen molar-refractivity contribution in [2.75, 3.05) is 12.4 Å². The van der Waals surface area contributed by atoms with E-state index in [1.54, 1.807) is 0 Å². The summed E-state index contributed by atoms with van der Waals surface area (Å²) in [5.41, 5.74) is 6.70. The van der Waals surface area contributed by atoms with Gasteiger partial charge in [-0.2, -0.15) is 12.6 Å². The number of benzene rings is 1. The van der Waals surface area contributed by atoms with Crippen LogP contribution >= 0.6 is 12.6 Å². The molecule has 0 aliphatic carbocycles. The number of carbonyl (C=O) groups is 3. The fraction of sp³-hybridized carbons (Fsp3) is 0.400. The summed E-state index contributed by atoms with van der Waals surface area (Å²) in [6.07, 6.45) is 0.294. The van der Waals surface area contributed by atoms with Gasteiger partial charge in [0, 0.05) is 5.75 Å². The van der Waals surface area contributed by atoms with Crippen molar-refractivity contribution in [2.24, 2.45) is 5.73 Å². The minimum atomic E-state index is -1.45. The van der Waals surface area contributed by atoms with Crippen molar-refractivity contribution in [1.82, 2.24) is 10.6 Å². The van der Waals surface area contributed by atoms with E-state index in [-0.39, 0.29) is 5.75 Å². The Labute approximate surface area is 144 Å². The first-order valence-corrected chi connectivity index (χ1v) is 7.87. The van der Waals surface area contributed by atoms with E-state index in [4.69, 9.17) is 15.9 Å². The number of nitrogens with one attached hydrogen (secondary N) is 2. The SMILES string of the molecule is NC(Cc1ccccc1)C(=O)NC(CS)C(=O)NC(CO)C(=O)O. The standard InChI is InChI=1S/C15H21N3O5S/c16-10(6-9-4-2-1-3-5-9)13(20)18-12(8-24)14(21)17-11(7-19)15(22)23/h1-5,10-12,19,24H,6-8,16H2,(H,17,21)(H,18,20)(H,22,23). The first-order valence-electron chi connectivity index (χ1n) is 7.23. The highest BCUT2D eigenvalue weighted by Crippen LogP contribution is 2.02. The van der Waals surface area contributed by atoms with E-state index >= 15 is 0 Å². The Morgan fingerprint density at radius 1 is 1.08 bits per heavy atom. The van der Waals surface area contributed by atoms with Gasteiger partial charge in [-0.05, 0) is 12.0 Å². The zero-order valence-corrected chi connectivity index (χ0v) is 13.8. The van der Waals surface area contributed by atoms with Gasteiger partial charge in [-0.25, -0.2) is 4.79 Å². The van der Waals surface area contributed by atoms with E-state index in [0.29, 0.717) is 6.42 Å². The fourth-order valence-electron chi connectivity index (χ4n) is 1.89. The van der Waals surface area contributed by atoms with Crippen LogP contribution in [0.5, 0.6) is 0 Å². The summed E-state index contributed by atoms with van der Waals surface area (Å²) in [5, 5.41) is 22.3. The third-order valence-electron chi connectivity index (χ3n) is 3.25. The van der Waals surface area contributed by atoms with Crippen LogP contribution in [0.4, 0.5) is 0 Å². The van der Waals surface area contributed by atoms with Crippen molar-refractivity contribution >= 4 is 30.4 Å². The number of carbonyl (C=O) groups excluding carboxylic acids is 2. The van der Waals surface area contributed by atoms with E-state index in [2.05, 4.69) is 23.3 Å². The number of thiol groups is 1. The first kappa shape index (κ1) is 19.9. The number of amides is 2. The lowest BCUT2D eigenvalue weighted by molar-refractivity contribution is -0.143. The Morgan fingerprint density at radius 3 is 2.17 bits per heavy atom. The molecule has 3 unspecified atom stereocenters. The molecule has 0 radical (unpaired) electrons. The third kappa shape index (κ3) is 6.19. The maximum Gasteiger partial charge on any atom is 0.328 e. The van der Waals surface area contributed by atoms with E-state index in [1.165, 1.54) is 0 Å². The molecule has 8 nitrogen and oxygen atoms in total. The monoisotopic (exact) mass is 355 g/mol. The van der Waals surface area contributed by atoms with E-state index in [9.17, 15) is 14.4 Å². The molecule has 0 fully saturated rings. The molecule has 0 aromatic heterocycles. The molecule has 2 amide bonds. The van der Waals surface area contributed by atoms with Gasteiger partial charge in [0.1, 0.15) is 12.1 Å². The summed E-state index contributed by atoms with van der Waals surface area (Å²) in [6.45, 7) is -0.762. The summed E-state index contributed by atoms with van der Waals surface area (Å²) >= 11 is 3.97. The minimum Gasteiger partial charge on any atom is -0.480 e. The van der Waals surface area contributed by atoms with Gasteiger partial charge in [-0.3, -0.25) is 9.59 Å². The molecule has 1 aromatic rings. The Hall–Kier alpha value is -2.10. The molecule has 0 saturated carbocycles. The van der Waals surface area contributed by atoms with Crippen molar-refractivity contribution in [3.05, 3.63) is 35.9 Å². The summed E-state index contributed by atoms with van der Waals surface area (Å²) in [7, 11) is 0. The number of aliphatic hydroxyl groups excluding tert-OH is 1. The molecule has 132 valence electrons. The van der Waals surface area contributed by atoms with Crippen LogP contribution in [-0.2, 0) is 20.8 Å². The summed E-state index contributed by atoms with van der Waals surface area (Å²) in [5.74, 6) is -2.74. The second-order valence-electron chi connectivity index (χ2n) is 5.12. The number of aliphatic hydroxyl groups is 1. The average molecular weight is 355 g/mol. The number of rotatable bonds is 9. The Bertz CT molecular complexity index is 569. The van der Waals surface area contributed by atoms with Crippen molar-refractivity contribution in [3.63, 3.8) is 0 Å². The largest absolute Gasteiger partial charge is 0.480 e. The van der Waals surface area contributed by atoms with Crippen LogP contribution < -0.4 is 16.4 Å². The maximum atomic E-state index is 12.1. The third-order valence-corrected chi connectivity index (χ3v) is 3.61.